The summed E-state index contributed by atoms with van der Waals surface area (Å²) in [6, 6.07) is 5.99. The molecule has 1 rings (SSSR count). The molecule has 0 heterocycles. The summed E-state index contributed by atoms with van der Waals surface area (Å²) in [5.41, 5.74) is 1.98. The fourth-order valence-corrected chi connectivity index (χ4v) is 2.45. The second-order valence-corrected chi connectivity index (χ2v) is 5.05. The van der Waals surface area contributed by atoms with E-state index in [4.69, 9.17) is 11.6 Å². The van der Waals surface area contributed by atoms with Crippen LogP contribution in [0, 0.1) is 0 Å². The Morgan fingerprint density at radius 3 is 2.73 bits per heavy atom. The van der Waals surface area contributed by atoms with Gasteiger partial charge in [-0.2, -0.15) is 0 Å². The summed E-state index contributed by atoms with van der Waals surface area (Å²) in [6.45, 7) is 1.51. The van der Waals surface area contributed by atoms with E-state index in [1.807, 2.05) is 18.4 Å². The molecule has 0 amide bonds. The Morgan fingerprint density at radius 2 is 2.27 bits per heavy atom. The molecule has 1 nitrogen and oxygen atoms in total. The highest BCUT2D eigenvalue weighted by Crippen LogP contribution is 2.29. The number of alkyl halides is 2. The number of hydrogen-bond acceptors (Lipinski definition) is 2. The lowest BCUT2D eigenvalue weighted by Gasteiger charge is -2.12. The van der Waals surface area contributed by atoms with E-state index in [-0.39, 0.29) is 5.78 Å². The third-order valence-corrected chi connectivity index (χ3v) is 4.00. The maximum absolute atomic E-state index is 11.2. The number of thioether (sulfide) groups is 1. The Morgan fingerprint density at radius 1 is 1.60 bits per heavy atom. The minimum atomic E-state index is -0.534. The Balaban J connectivity index is 3.12. The summed E-state index contributed by atoms with van der Waals surface area (Å²) in [5, 5.41) is 0.182. The van der Waals surface area contributed by atoms with Gasteiger partial charge < -0.3 is 0 Å². The number of hydrogen-bond donors (Lipinski definition) is 0. The normalized spacial score (nSPS) is 12.5. The summed E-state index contributed by atoms with van der Waals surface area (Å²) in [7, 11) is 0. The molecular weight excluding hydrogens is 296 g/mol. The van der Waals surface area contributed by atoms with Gasteiger partial charge in [-0.1, -0.05) is 22.0 Å². The summed E-state index contributed by atoms with van der Waals surface area (Å²) in [5.74, 6) is -0.0178. The predicted octanol–water partition coefficient (Wildman–Crippen LogP) is 4.17. The molecule has 82 valence electrons. The Bertz CT molecular complexity index is 368. The Labute approximate surface area is 108 Å². The molecule has 1 aromatic rings. The second kappa shape index (κ2) is 5.92. The van der Waals surface area contributed by atoms with E-state index in [0.29, 0.717) is 5.33 Å². The number of halogens is 2. The maximum atomic E-state index is 11.2. The summed E-state index contributed by atoms with van der Waals surface area (Å²) in [4.78, 5) is 12.4. The van der Waals surface area contributed by atoms with Gasteiger partial charge in [-0.05, 0) is 36.4 Å². The first-order valence-electron chi connectivity index (χ1n) is 4.47. The average Bonchev–Trinajstić information content (AvgIpc) is 2.27. The number of rotatable bonds is 4. The van der Waals surface area contributed by atoms with Crippen LogP contribution in [0.3, 0.4) is 0 Å². The van der Waals surface area contributed by atoms with Crippen LogP contribution < -0.4 is 0 Å². The van der Waals surface area contributed by atoms with Gasteiger partial charge in [-0.15, -0.1) is 23.4 Å². The molecule has 0 saturated carbocycles. The Kier molecular flexibility index (Phi) is 5.16. The predicted molar refractivity (Wildman–Crippen MR) is 70.1 cm³/mol. The fourth-order valence-electron chi connectivity index (χ4n) is 1.29. The van der Waals surface area contributed by atoms with E-state index >= 15 is 0 Å². The largest absolute Gasteiger partial charge is 0.298 e. The minimum Gasteiger partial charge on any atom is -0.298 e. The average molecular weight is 308 g/mol. The lowest BCUT2D eigenvalue weighted by molar-refractivity contribution is -0.116. The van der Waals surface area contributed by atoms with Gasteiger partial charge in [0, 0.05) is 10.2 Å². The molecule has 0 N–H and O–H groups in total. The quantitative estimate of drug-likeness (QED) is 0.613. The summed E-state index contributed by atoms with van der Waals surface area (Å²) >= 11 is 11.1. The molecule has 0 aliphatic carbocycles. The van der Waals surface area contributed by atoms with Crippen molar-refractivity contribution in [1.29, 1.82) is 0 Å². The molecular formula is C11H12BrClOS. The van der Waals surface area contributed by atoms with E-state index in [1.54, 1.807) is 11.8 Å². The fraction of sp³-hybridized carbons (Fsp3) is 0.364. The zero-order valence-corrected chi connectivity index (χ0v) is 11.7. The molecule has 0 aromatic heterocycles. The van der Waals surface area contributed by atoms with Crippen LogP contribution in [0.25, 0.3) is 0 Å². The van der Waals surface area contributed by atoms with Crippen LogP contribution in [-0.2, 0) is 10.1 Å². The minimum absolute atomic E-state index is 0.0178. The molecule has 0 fully saturated rings. The third kappa shape index (κ3) is 3.23. The number of carbonyl (C=O) groups excluding carboxylic acids is 1. The second-order valence-electron chi connectivity index (χ2n) is 3.17. The van der Waals surface area contributed by atoms with Gasteiger partial charge in [-0.25, -0.2) is 0 Å². The Hall–Kier alpha value is 0.01000. The van der Waals surface area contributed by atoms with Crippen molar-refractivity contribution < 1.29 is 4.79 Å². The zero-order chi connectivity index (χ0) is 11.4. The molecule has 0 saturated heterocycles. The van der Waals surface area contributed by atoms with Gasteiger partial charge in [0.05, 0.1) is 0 Å². The zero-order valence-electron chi connectivity index (χ0n) is 8.59. The molecule has 1 aromatic carbocycles. The topological polar surface area (TPSA) is 17.1 Å². The lowest BCUT2D eigenvalue weighted by Crippen LogP contribution is -2.04. The van der Waals surface area contributed by atoms with Crippen LogP contribution in [0.2, 0.25) is 0 Å². The first-order valence-corrected chi connectivity index (χ1v) is 7.25. The first kappa shape index (κ1) is 13.1. The lowest BCUT2D eigenvalue weighted by atomic mass is 10.0. The van der Waals surface area contributed by atoms with Crippen molar-refractivity contribution >= 4 is 45.1 Å². The van der Waals surface area contributed by atoms with Crippen LogP contribution in [0.15, 0.2) is 23.1 Å². The molecule has 15 heavy (non-hydrogen) atoms. The van der Waals surface area contributed by atoms with Crippen LogP contribution in [0.4, 0.5) is 0 Å². The van der Waals surface area contributed by atoms with Crippen molar-refractivity contribution in [2.45, 2.75) is 22.5 Å². The van der Waals surface area contributed by atoms with Gasteiger partial charge in [0.15, 0.2) is 5.78 Å². The molecule has 1 unspecified atom stereocenters. The summed E-state index contributed by atoms with van der Waals surface area (Å²) < 4.78 is 0. The molecule has 0 bridgehead atoms. The highest BCUT2D eigenvalue weighted by atomic mass is 79.9. The first-order chi connectivity index (χ1) is 7.10. The van der Waals surface area contributed by atoms with Crippen molar-refractivity contribution in [3.63, 3.8) is 0 Å². The van der Waals surface area contributed by atoms with E-state index in [0.717, 1.165) is 11.1 Å². The molecule has 0 spiro atoms. The van der Waals surface area contributed by atoms with Gasteiger partial charge in [0.2, 0.25) is 0 Å². The maximum Gasteiger partial charge on any atom is 0.152 e. The molecule has 0 radical (unpaired) electrons. The smallest absolute Gasteiger partial charge is 0.152 e. The SMILES string of the molecule is CSc1ccc(C(Cl)C(C)=O)c(CBr)c1. The number of ketones is 1. The summed E-state index contributed by atoms with van der Waals surface area (Å²) in [6.07, 6.45) is 2.02. The highest BCUT2D eigenvalue weighted by Gasteiger charge is 2.16. The van der Waals surface area contributed by atoms with Crippen LogP contribution >= 0.6 is 39.3 Å². The molecule has 1 atom stereocenters. The van der Waals surface area contributed by atoms with Crippen molar-refractivity contribution in [2.75, 3.05) is 6.26 Å². The van der Waals surface area contributed by atoms with E-state index in [2.05, 4.69) is 22.0 Å². The molecule has 4 heteroatoms. The standard InChI is InChI=1S/C11H12BrClOS/c1-7(14)11(13)10-4-3-9(15-2)5-8(10)6-12/h3-5,11H,6H2,1-2H3. The van der Waals surface area contributed by atoms with E-state index < -0.39 is 5.38 Å². The highest BCUT2D eigenvalue weighted by molar-refractivity contribution is 9.08. The number of carbonyl (C=O) groups is 1. The van der Waals surface area contributed by atoms with E-state index in [1.165, 1.54) is 11.8 Å². The van der Waals surface area contributed by atoms with Gasteiger partial charge in [0.1, 0.15) is 5.38 Å². The van der Waals surface area contributed by atoms with Crippen molar-refractivity contribution in [3.8, 4) is 0 Å². The molecule has 0 aliphatic rings. The van der Waals surface area contributed by atoms with Gasteiger partial charge >= 0.3 is 0 Å². The van der Waals surface area contributed by atoms with Crippen LogP contribution in [0.5, 0.6) is 0 Å². The van der Waals surface area contributed by atoms with Crippen molar-refractivity contribution in [3.05, 3.63) is 29.3 Å². The number of Topliss-reactive ketones (excluding diaryl/α,β-unsaturated/α-hetero) is 1. The third-order valence-electron chi connectivity index (χ3n) is 2.12. The monoisotopic (exact) mass is 306 g/mol. The van der Waals surface area contributed by atoms with Gasteiger partial charge in [-0.3, -0.25) is 4.79 Å². The van der Waals surface area contributed by atoms with Crippen LogP contribution in [0.1, 0.15) is 23.4 Å². The van der Waals surface area contributed by atoms with E-state index in [9.17, 15) is 4.79 Å². The van der Waals surface area contributed by atoms with Crippen LogP contribution in [-0.4, -0.2) is 12.0 Å². The molecule has 0 aliphatic heterocycles. The van der Waals surface area contributed by atoms with Gasteiger partial charge in [0.25, 0.3) is 0 Å². The van der Waals surface area contributed by atoms with Crippen molar-refractivity contribution in [2.24, 2.45) is 0 Å². The van der Waals surface area contributed by atoms with Crippen molar-refractivity contribution in [1.82, 2.24) is 0 Å². The number of benzene rings is 1.